The molecular weight excluding hydrogens is 752 g/mol. The molecule has 0 spiro atoms. The summed E-state index contributed by atoms with van der Waals surface area (Å²) < 4.78 is 1.74. The summed E-state index contributed by atoms with van der Waals surface area (Å²) in [5.41, 5.74) is -0.112. The van der Waals surface area contributed by atoms with Crippen LogP contribution in [0.5, 0.6) is 0 Å². The van der Waals surface area contributed by atoms with Crippen LogP contribution >= 0.6 is 0 Å². The minimum atomic E-state index is -1.32. The Hall–Kier alpha value is -3.92. The first-order chi connectivity index (χ1) is 24.5. The molecule has 19 nitrogen and oxygen atoms in total. The number of carbonyl (C=O) groups is 5. The molecule has 4 heterocycles. The van der Waals surface area contributed by atoms with Crippen LogP contribution in [0.2, 0.25) is 0 Å². The van der Waals surface area contributed by atoms with Crippen molar-refractivity contribution in [1.29, 1.82) is 0 Å². The maximum absolute atomic E-state index is 13.3. The summed E-state index contributed by atoms with van der Waals surface area (Å²) in [5.74, 6) is -3.75. The van der Waals surface area contributed by atoms with E-state index in [-0.39, 0.29) is 108 Å². The van der Waals surface area contributed by atoms with Crippen molar-refractivity contribution in [2.75, 3.05) is 96.5 Å². The van der Waals surface area contributed by atoms with Crippen LogP contribution in [0, 0.1) is 0 Å². The smallest absolute Gasteiger partial charge is 0.870 e. The number of hydrogen-bond donors (Lipinski definition) is 2. The molecule has 2 aliphatic heterocycles. The number of aryl methyl sites for hydroxylation is 1. The normalized spacial score (nSPS) is 17.5. The number of nitrogens with zero attached hydrogens (tertiary/aromatic N) is 8. The van der Waals surface area contributed by atoms with Crippen LogP contribution in [0.15, 0.2) is 17.2 Å². The van der Waals surface area contributed by atoms with Crippen molar-refractivity contribution < 1.29 is 44.8 Å². The molecule has 2 fully saturated rings. The Morgan fingerprint density at radius 3 is 2.04 bits per heavy atom. The molecule has 2 aromatic heterocycles. The van der Waals surface area contributed by atoms with E-state index in [9.17, 15) is 44.1 Å². The van der Waals surface area contributed by atoms with E-state index in [4.69, 9.17) is 0 Å². The van der Waals surface area contributed by atoms with Crippen LogP contribution in [0.25, 0.3) is 11.0 Å². The van der Waals surface area contributed by atoms with Crippen molar-refractivity contribution in [2.24, 2.45) is 0 Å². The van der Waals surface area contributed by atoms with Crippen molar-refractivity contribution in [2.45, 2.75) is 45.2 Å². The summed E-state index contributed by atoms with van der Waals surface area (Å²) >= 11 is 0. The number of anilines is 1. The summed E-state index contributed by atoms with van der Waals surface area (Å²) in [6.07, 6.45) is 6.16. The summed E-state index contributed by atoms with van der Waals surface area (Å²) in [6, 6.07) is -0.998. The number of pyridine rings is 1. The fourth-order valence-electron chi connectivity index (χ4n) is 6.52. The fourth-order valence-corrected chi connectivity index (χ4v) is 6.52. The van der Waals surface area contributed by atoms with Gasteiger partial charge in [0.2, 0.25) is 11.4 Å². The topological polar surface area (TPSA) is 258 Å². The van der Waals surface area contributed by atoms with Gasteiger partial charge < -0.3 is 50.0 Å². The molecule has 1 amide bonds. The van der Waals surface area contributed by atoms with Crippen LogP contribution in [-0.2, 0) is 25.7 Å². The molecule has 2 aromatic rings. The van der Waals surface area contributed by atoms with Gasteiger partial charge in [0.05, 0.1) is 23.9 Å². The van der Waals surface area contributed by atoms with Gasteiger partial charge in [-0.05, 0) is 32.6 Å². The predicted octanol–water partition coefficient (Wildman–Crippen LogP) is -4.26. The number of carbonyl (C=O) groups excluding carboxylic acids is 4. The summed E-state index contributed by atoms with van der Waals surface area (Å²) in [7, 11) is 0. The standard InChI is InChI=1S/C33H49N9O9.Ga.H2O/c1-2-40-21-25(29(48)24-20-35-33(36-30(24)40)42-8-3-4-9-42)31(49)34-7-5-6-26(32(50)51)41-16-14-37(18-19-43)10-11-38(22-27(44)45)12-13-39(15-17-41)23-28(46)47;;/h19-21,26H,2-18,22-23H2,1H3,(H,34,49)(H,44,45)(H,46,47)(H,50,51);;1H2/q;+3;/p-3. The van der Waals surface area contributed by atoms with Crippen LogP contribution in [0.4, 0.5) is 5.95 Å². The number of fused-ring (bicyclic) bond motifs is 1. The molecule has 0 bridgehead atoms. The van der Waals surface area contributed by atoms with Gasteiger partial charge in [0, 0.05) is 104 Å². The third kappa shape index (κ3) is 13.2. The van der Waals surface area contributed by atoms with E-state index < -0.39 is 41.8 Å². The summed E-state index contributed by atoms with van der Waals surface area (Å²) in [5, 5.41) is 36.0. The second-order valence-electron chi connectivity index (χ2n) is 12.8. The SMILES string of the molecule is CCn1cc(C(=O)NCCCC(C(=O)O)N2CCN(CC=O)CCN(CC(=O)[O-])CCN(CC(=O)[O-])CC2)c(=O)c2cnc(N3CCCC3)nc21.[Ga+3].[OH-]. The molecule has 20 heteroatoms. The van der Waals surface area contributed by atoms with E-state index >= 15 is 0 Å². The maximum atomic E-state index is 13.3. The van der Waals surface area contributed by atoms with Crippen LogP contribution in [0.1, 0.15) is 43.0 Å². The molecule has 1 unspecified atom stereocenters. The quantitative estimate of drug-likeness (QED) is 0.0982. The van der Waals surface area contributed by atoms with E-state index in [1.807, 2.05) is 6.92 Å². The number of carboxylic acids is 3. The van der Waals surface area contributed by atoms with Gasteiger partial charge in [0.1, 0.15) is 23.5 Å². The third-order valence-corrected chi connectivity index (χ3v) is 9.35. The number of rotatable bonds is 15. The Kier molecular flexibility index (Phi) is 19.1. The fraction of sp³-hybridized carbons (Fsp3) is 0.636. The first-order valence-corrected chi connectivity index (χ1v) is 17.4. The molecule has 288 valence electrons. The Morgan fingerprint density at radius 2 is 1.49 bits per heavy atom. The van der Waals surface area contributed by atoms with E-state index in [2.05, 4.69) is 20.2 Å². The van der Waals surface area contributed by atoms with E-state index in [0.717, 1.165) is 32.2 Å². The van der Waals surface area contributed by atoms with Crippen molar-refractivity contribution in [1.82, 2.24) is 39.5 Å². The van der Waals surface area contributed by atoms with E-state index in [0.29, 0.717) is 31.2 Å². The molecule has 0 aromatic carbocycles. The van der Waals surface area contributed by atoms with Crippen LogP contribution in [-0.4, -0.2) is 192 Å². The third-order valence-electron chi connectivity index (χ3n) is 9.35. The van der Waals surface area contributed by atoms with Crippen LogP contribution in [0.3, 0.4) is 0 Å². The Labute approximate surface area is 320 Å². The number of aliphatic carboxylic acids is 3. The summed E-state index contributed by atoms with van der Waals surface area (Å²) in [6.45, 7) is 5.26. The van der Waals surface area contributed by atoms with Gasteiger partial charge in [-0.1, -0.05) is 0 Å². The van der Waals surface area contributed by atoms with Gasteiger partial charge in [-0.25, -0.2) is 4.98 Å². The number of amides is 1. The zero-order valence-electron chi connectivity index (χ0n) is 30.1. The number of aromatic nitrogens is 3. The molecule has 2 saturated heterocycles. The Bertz CT molecular complexity index is 1610. The molecular formula is C33H48GaN9O10. The largest absolute Gasteiger partial charge is 3.00 e. The summed E-state index contributed by atoms with van der Waals surface area (Å²) in [4.78, 5) is 91.0. The Morgan fingerprint density at radius 1 is 0.925 bits per heavy atom. The van der Waals surface area contributed by atoms with Gasteiger partial charge in [-0.3, -0.25) is 34.0 Å². The molecule has 53 heavy (non-hydrogen) atoms. The van der Waals surface area contributed by atoms with Gasteiger partial charge in [-0.15, -0.1) is 0 Å². The number of hydrogen-bond acceptors (Lipinski definition) is 16. The average Bonchev–Trinajstić information content (AvgIpc) is 3.63. The number of carboxylic acid groups (broad SMARTS) is 3. The Balaban J connectivity index is 0.00000486. The number of nitrogens with one attached hydrogen (secondary N) is 1. The van der Waals surface area contributed by atoms with Gasteiger partial charge in [0.15, 0.2) is 0 Å². The molecule has 3 N–H and O–H groups in total. The minimum Gasteiger partial charge on any atom is -0.870 e. The first kappa shape index (κ1) is 45.2. The molecule has 1 atom stereocenters. The van der Waals surface area contributed by atoms with Crippen molar-refractivity contribution in [3.05, 3.63) is 28.2 Å². The minimum absolute atomic E-state index is 0. The maximum Gasteiger partial charge on any atom is 3.00 e. The van der Waals surface area contributed by atoms with Gasteiger partial charge in [0.25, 0.3) is 5.91 Å². The second kappa shape index (κ2) is 22.3. The van der Waals surface area contributed by atoms with Crippen LogP contribution < -0.4 is 25.9 Å². The average molecular weight is 801 g/mol. The van der Waals surface area contributed by atoms with Crippen molar-refractivity contribution in [3.8, 4) is 0 Å². The predicted molar refractivity (Wildman–Crippen MR) is 189 cm³/mol. The van der Waals surface area contributed by atoms with E-state index in [1.54, 1.807) is 24.2 Å². The molecule has 2 aliphatic rings. The van der Waals surface area contributed by atoms with Gasteiger partial charge >= 0.3 is 25.8 Å². The van der Waals surface area contributed by atoms with Crippen molar-refractivity contribution in [3.63, 3.8) is 0 Å². The van der Waals surface area contributed by atoms with Gasteiger partial charge in [-0.2, -0.15) is 4.98 Å². The molecule has 0 saturated carbocycles. The molecule has 4 rings (SSSR count). The zero-order chi connectivity index (χ0) is 36.9. The number of aldehydes is 1. The monoisotopic (exact) mass is 799 g/mol. The zero-order valence-corrected chi connectivity index (χ0v) is 32.5. The van der Waals surface area contributed by atoms with E-state index in [1.165, 1.54) is 12.4 Å². The molecule has 0 radical (unpaired) electrons. The first-order valence-electron chi connectivity index (χ1n) is 17.4. The van der Waals surface area contributed by atoms with Crippen molar-refractivity contribution >= 4 is 66.9 Å². The second-order valence-corrected chi connectivity index (χ2v) is 12.8. The molecule has 0 aliphatic carbocycles.